The summed E-state index contributed by atoms with van der Waals surface area (Å²) >= 11 is 5.62. The lowest BCUT2D eigenvalue weighted by Crippen LogP contribution is -2.05. The third-order valence-electron chi connectivity index (χ3n) is 1.32. The molecule has 0 bridgehead atoms. The summed E-state index contributed by atoms with van der Waals surface area (Å²) in [6.07, 6.45) is 1.27. The fraction of sp³-hybridized carbons (Fsp3) is 0.250. The molecule has 13 heavy (non-hydrogen) atoms. The fourth-order valence-corrected chi connectivity index (χ4v) is 0.995. The first-order valence-electron chi connectivity index (χ1n) is 3.66. The van der Waals surface area contributed by atoms with Gasteiger partial charge in [0.1, 0.15) is 0 Å². The molecule has 1 rings (SSSR count). The lowest BCUT2D eigenvalue weighted by Gasteiger charge is -2.05. The molecule has 0 spiro atoms. The summed E-state index contributed by atoms with van der Waals surface area (Å²) in [6.45, 7) is 2.13. The van der Waals surface area contributed by atoms with Crippen molar-refractivity contribution in [2.45, 2.75) is 6.92 Å². The zero-order chi connectivity index (χ0) is 9.84. The highest BCUT2D eigenvalue weighted by molar-refractivity contribution is 6.30. The summed E-state index contributed by atoms with van der Waals surface area (Å²) in [5.41, 5.74) is -0.119. The number of carboxylic acid groups (broad SMARTS) is 1. The van der Waals surface area contributed by atoms with E-state index in [1.165, 1.54) is 12.3 Å². The normalized spacial score (nSPS) is 9.69. The van der Waals surface area contributed by atoms with Crippen molar-refractivity contribution in [2.24, 2.45) is 0 Å². The molecular formula is C8H8ClNO3. The SMILES string of the molecule is CCOc1cc(Cl)cnc1C(=O)O. The smallest absolute Gasteiger partial charge is 0.358 e. The van der Waals surface area contributed by atoms with Gasteiger partial charge in [0.25, 0.3) is 0 Å². The van der Waals surface area contributed by atoms with Crippen LogP contribution in [-0.4, -0.2) is 22.7 Å². The quantitative estimate of drug-likeness (QED) is 0.811. The Kier molecular flexibility index (Phi) is 3.08. The first kappa shape index (κ1) is 9.80. The number of halogens is 1. The van der Waals surface area contributed by atoms with E-state index >= 15 is 0 Å². The molecule has 70 valence electrons. The van der Waals surface area contributed by atoms with Crippen LogP contribution in [0.2, 0.25) is 5.02 Å². The van der Waals surface area contributed by atoms with Crippen molar-refractivity contribution in [3.8, 4) is 5.75 Å². The van der Waals surface area contributed by atoms with E-state index in [9.17, 15) is 4.79 Å². The second-order valence-corrected chi connectivity index (χ2v) is 2.67. The molecule has 0 aliphatic rings. The number of aromatic carboxylic acids is 1. The zero-order valence-electron chi connectivity index (χ0n) is 6.95. The van der Waals surface area contributed by atoms with E-state index in [0.717, 1.165) is 0 Å². The molecule has 1 aromatic rings. The molecule has 0 radical (unpaired) electrons. The largest absolute Gasteiger partial charge is 0.491 e. The Labute approximate surface area is 80.1 Å². The van der Waals surface area contributed by atoms with E-state index < -0.39 is 5.97 Å². The highest BCUT2D eigenvalue weighted by Gasteiger charge is 2.12. The molecule has 0 fully saturated rings. The Morgan fingerprint density at radius 2 is 2.46 bits per heavy atom. The molecule has 0 unspecified atom stereocenters. The molecule has 1 heterocycles. The minimum absolute atomic E-state index is 0.119. The third-order valence-corrected chi connectivity index (χ3v) is 1.53. The highest BCUT2D eigenvalue weighted by Crippen LogP contribution is 2.20. The van der Waals surface area contributed by atoms with E-state index in [1.54, 1.807) is 6.92 Å². The van der Waals surface area contributed by atoms with Gasteiger partial charge < -0.3 is 9.84 Å². The summed E-state index contributed by atoms with van der Waals surface area (Å²) < 4.78 is 5.05. The lowest BCUT2D eigenvalue weighted by molar-refractivity contribution is 0.0685. The maximum absolute atomic E-state index is 10.6. The van der Waals surface area contributed by atoms with E-state index in [0.29, 0.717) is 11.6 Å². The first-order chi connectivity index (χ1) is 6.15. The van der Waals surface area contributed by atoms with Gasteiger partial charge in [-0.25, -0.2) is 9.78 Å². The van der Waals surface area contributed by atoms with Crippen molar-refractivity contribution in [1.29, 1.82) is 0 Å². The summed E-state index contributed by atoms with van der Waals surface area (Å²) in [5, 5.41) is 9.05. The van der Waals surface area contributed by atoms with Crippen molar-refractivity contribution in [1.82, 2.24) is 4.98 Å². The number of hydrogen-bond acceptors (Lipinski definition) is 3. The Bertz CT molecular complexity index is 327. The molecule has 0 saturated heterocycles. The maximum Gasteiger partial charge on any atom is 0.358 e. The summed E-state index contributed by atoms with van der Waals surface area (Å²) in [6, 6.07) is 1.43. The minimum Gasteiger partial charge on any atom is -0.491 e. The second kappa shape index (κ2) is 4.09. The van der Waals surface area contributed by atoms with Crippen LogP contribution in [0.3, 0.4) is 0 Å². The number of rotatable bonds is 3. The van der Waals surface area contributed by atoms with Gasteiger partial charge in [0.2, 0.25) is 0 Å². The summed E-state index contributed by atoms with van der Waals surface area (Å²) in [4.78, 5) is 14.3. The molecule has 0 aliphatic heterocycles. The summed E-state index contributed by atoms with van der Waals surface area (Å²) in [5.74, 6) is -0.928. The molecule has 0 saturated carbocycles. The molecule has 1 aromatic heterocycles. The van der Waals surface area contributed by atoms with E-state index in [1.807, 2.05) is 0 Å². The van der Waals surface area contributed by atoms with Crippen LogP contribution >= 0.6 is 11.6 Å². The topological polar surface area (TPSA) is 59.4 Å². The number of carbonyl (C=O) groups is 1. The van der Waals surface area contributed by atoms with Crippen molar-refractivity contribution in [3.05, 3.63) is 23.0 Å². The molecular weight excluding hydrogens is 194 g/mol. The van der Waals surface area contributed by atoms with Gasteiger partial charge in [-0.1, -0.05) is 11.6 Å². The van der Waals surface area contributed by atoms with Gasteiger partial charge in [0, 0.05) is 12.3 Å². The number of pyridine rings is 1. The van der Waals surface area contributed by atoms with Crippen LogP contribution in [0.15, 0.2) is 12.3 Å². The average Bonchev–Trinajstić information content (AvgIpc) is 2.04. The molecule has 0 amide bonds. The van der Waals surface area contributed by atoms with Crippen molar-refractivity contribution in [2.75, 3.05) is 6.61 Å². The van der Waals surface area contributed by atoms with Crippen LogP contribution in [0.1, 0.15) is 17.4 Å². The number of aromatic nitrogens is 1. The van der Waals surface area contributed by atoms with Crippen LogP contribution in [0.4, 0.5) is 0 Å². The van der Waals surface area contributed by atoms with E-state index in [2.05, 4.69) is 4.98 Å². The van der Waals surface area contributed by atoms with E-state index in [4.69, 9.17) is 21.4 Å². The lowest BCUT2D eigenvalue weighted by atomic mass is 10.3. The molecule has 0 atom stereocenters. The van der Waals surface area contributed by atoms with Gasteiger partial charge >= 0.3 is 5.97 Å². The third kappa shape index (κ3) is 2.32. The first-order valence-corrected chi connectivity index (χ1v) is 4.04. The molecule has 4 nitrogen and oxygen atoms in total. The van der Waals surface area contributed by atoms with E-state index in [-0.39, 0.29) is 11.4 Å². The highest BCUT2D eigenvalue weighted by atomic mass is 35.5. The predicted molar refractivity (Wildman–Crippen MR) is 47.4 cm³/mol. The van der Waals surface area contributed by atoms with Crippen LogP contribution in [0.25, 0.3) is 0 Å². The van der Waals surface area contributed by atoms with Gasteiger partial charge in [0.05, 0.1) is 11.6 Å². The Morgan fingerprint density at radius 1 is 1.77 bits per heavy atom. The number of ether oxygens (including phenoxy) is 1. The van der Waals surface area contributed by atoms with Gasteiger partial charge in [-0.15, -0.1) is 0 Å². The molecule has 0 aromatic carbocycles. The monoisotopic (exact) mass is 201 g/mol. The second-order valence-electron chi connectivity index (χ2n) is 2.24. The molecule has 0 aliphatic carbocycles. The van der Waals surface area contributed by atoms with Gasteiger partial charge in [-0.3, -0.25) is 0 Å². The van der Waals surface area contributed by atoms with Gasteiger partial charge in [-0.05, 0) is 6.92 Å². The minimum atomic E-state index is -1.12. The van der Waals surface area contributed by atoms with Gasteiger partial charge in [0.15, 0.2) is 11.4 Å². The van der Waals surface area contributed by atoms with Crippen molar-refractivity contribution < 1.29 is 14.6 Å². The Hall–Kier alpha value is -1.29. The number of nitrogens with zero attached hydrogens (tertiary/aromatic N) is 1. The standard InChI is InChI=1S/C8H8ClNO3/c1-2-13-6-3-5(9)4-10-7(6)8(11)12/h3-4H,2H2,1H3,(H,11,12). The maximum atomic E-state index is 10.6. The van der Waals surface area contributed by atoms with Crippen LogP contribution in [0, 0.1) is 0 Å². The fourth-order valence-electron chi connectivity index (χ4n) is 0.847. The average molecular weight is 202 g/mol. The number of carboxylic acids is 1. The van der Waals surface area contributed by atoms with Crippen molar-refractivity contribution in [3.63, 3.8) is 0 Å². The van der Waals surface area contributed by atoms with Crippen LogP contribution in [0.5, 0.6) is 5.75 Å². The molecule has 5 heteroatoms. The van der Waals surface area contributed by atoms with Gasteiger partial charge in [-0.2, -0.15) is 0 Å². The van der Waals surface area contributed by atoms with Crippen LogP contribution < -0.4 is 4.74 Å². The summed E-state index contributed by atoms with van der Waals surface area (Å²) in [7, 11) is 0. The Morgan fingerprint density at radius 3 is 3.00 bits per heavy atom. The zero-order valence-corrected chi connectivity index (χ0v) is 7.71. The van der Waals surface area contributed by atoms with Crippen LogP contribution in [-0.2, 0) is 0 Å². The molecule has 1 N–H and O–H groups in total. The van der Waals surface area contributed by atoms with Crippen molar-refractivity contribution >= 4 is 17.6 Å². The Balaban J connectivity index is 3.10. The predicted octanol–water partition coefficient (Wildman–Crippen LogP) is 1.83. The number of hydrogen-bond donors (Lipinski definition) is 1.